The van der Waals surface area contributed by atoms with Crippen LogP contribution in [0.4, 0.5) is 4.39 Å². The molecule has 2 rings (SSSR count). The molecule has 4 heteroatoms. The summed E-state index contributed by atoms with van der Waals surface area (Å²) in [5.74, 6) is 0.377. The highest BCUT2D eigenvalue weighted by Crippen LogP contribution is 2.37. The molecule has 88 valence electrons. The molecule has 0 spiro atoms. The van der Waals surface area contributed by atoms with Crippen LogP contribution in [0.15, 0.2) is 18.2 Å². The van der Waals surface area contributed by atoms with Gasteiger partial charge in [-0.3, -0.25) is 0 Å². The molecule has 0 aromatic heterocycles. The molecule has 0 radical (unpaired) electrons. The van der Waals surface area contributed by atoms with Crippen LogP contribution in [0.2, 0.25) is 5.02 Å². The van der Waals surface area contributed by atoms with Crippen LogP contribution in [0.5, 0.6) is 0 Å². The van der Waals surface area contributed by atoms with Gasteiger partial charge in [-0.05, 0) is 30.2 Å². The van der Waals surface area contributed by atoms with Crippen LogP contribution in [0.25, 0.3) is 0 Å². The van der Waals surface area contributed by atoms with Gasteiger partial charge in [0.15, 0.2) is 0 Å². The number of hydrogen-bond donors (Lipinski definition) is 1. The van der Waals surface area contributed by atoms with E-state index < -0.39 is 5.60 Å². The number of benzene rings is 1. The minimum Gasteiger partial charge on any atom is -0.389 e. The largest absolute Gasteiger partial charge is 0.389 e. The van der Waals surface area contributed by atoms with Crippen LogP contribution in [0.1, 0.15) is 18.9 Å². The Labute approximate surface area is 104 Å². The van der Waals surface area contributed by atoms with E-state index in [9.17, 15) is 9.50 Å². The lowest BCUT2D eigenvalue weighted by molar-refractivity contribution is 0.0633. The molecule has 1 aliphatic heterocycles. The lowest BCUT2D eigenvalue weighted by Crippen LogP contribution is -2.31. The first-order valence-corrected chi connectivity index (χ1v) is 6.69. The van der Waals surface area contributed by atoms with Crippen LogP contribution in [0.3, 0.4) is 0 Å². The smallest absolute Gasteiger partial charge is 0.126 e. The zero-order chi connectivity index (χ0) is 11.8. The highest BCUT2D eigenvalue weighted by Gasteiger charge is 2.36. The third kappa shape index (κ3) is 2.70. The average Bonchev–Trinajstić information content (AvgIpc) is 2.52. The molecule has 1 aliphatic rings. The summed E-state index contributed by atoms with van der Waals surface area (Å²) >= 11 is 7.55. The molecule has 2 atom stereocenters. The van der Waals surface area contributed by atoms with Crippen LogP contribution in [-0.4, -0.2) is 21.7 Å². The third-order valence-corrected chi connectivity index (χ3v) is 4.51. The first kappa shape index (κ1) is 12.2. The van der Waals surface area contributed by atoms with Gasteiger partial charge < -0.3 is 5.11 Å². The average molecular weight is 261 g/mol. The Morgan fingerprint density at radius 3 is 3.00 bits per heavy atom. The van der Waals surface area contributed by atoms with Gasteiger partial charge >= 0.3 is 0 Å². The van der Waals surface area contributed by atoms with Crippen molar-refractivity contribution in [2.45, 2.75) is 30.6 Å². The summed E-state index contributed by atoms with van der Waals surface area (Å²) in [4.78, 5) is 0. The van der Waals surface area contributed by atoms with E-state index in [1.165, 1.54) is 12.1 Å². The first-order chi connectivity index (χ1) is 7.48. The van der Waals surface area contributed by atoms with E-state index in [4.69, 9.17) is 11.6 Å². The lowest BCUT2D eigenvalue weighted by atomic mass is 9.92. The van der Waals surface area contributed by atoms with E-state index in [-0.39, 0.29) is 5.82 Å². The summed E-state index contributed by atoms with van der Waals surface area (Å²) in [5.41, 5.74) is -0.278. The Bertz CT molecular complexity index is 399. The summed E-state index contributed by atoms with van der Waals surface area (Å²) in [5, 5.41) is 11.2. The zero-order valence-electron chi connectivity index (χ0n) is 9.04. The quantitative estimate of drug-likeness (QED) is 0.881. The summed E-state index contributed by atoms with van der Waals surface area (Å²) in [6, 6.07) is 4.48. The summed E-state index contributed by atoms with van der Waals surface area (Å²) in [7, 11) is 0. The molecule has 1 nitrogen and oxygen atoms in total. The highest BCUT2D eigenvalue weighted by atomic mass is 35.5. The first-order valence-electron chi connectivity index (χ1n) is 5.26. The molecule has 1 saturated heterocycles. The monoisotopic (exact) mass is 260 g/mol. The Morgan fingerprint density at radius 1 is 1.62 bits per heavy atom. The van der Waals surface area contributed by atoms with Crippen LogP contribution in [0, 0.1) is 5.82 Å². The van der Waals surface area contributed by atoms with Gasteiger partial charge in [0.05, 0.1) is 5.60 Å². The molecule has 0 amide bonds. The van der Waals surface area contributed by atoms with Crippen molar-refractivity contribution in [2.75, 3.05) is 5.75 Å². The van der Waals surface area contributed by atoms with Crippen molar-refractivity contribution in [1.29, 1.82) is 0 Å². The zero-order valence-corrected chi connectivity index (χ0v) is 10.6. The van der Waals surface area contributed by atoms with Crippen LogP contribution >= 0.6 is 23.4 Å². The molecule has 1 aromatic carbocycles. The van der Waals surface area contributed by atoms with E-state index in [0.717, 1.165) is 0 Å². The highest BCUT2D eigenvalue weighted by molar-refractivity contribution is 8.00. The molecule has 0 bridgehead atoms. The van der Waals surface area contributed by atoms with Crippen molar-refractivity contribution in [2.24, 2.45) is 0 Å². The molecular weight excluding hydrogens is 247 g/mol. The fourth-order valence-electron chi connectivity index (χ4n) is 2.11. The minimum atomic E-state index is -0.782. The van der Waals surface area contributed by atoms with Gasteiger partial charge in [0.25, 0.3) is 0 Å². The number of rotatable bonds is 2. The second kappa shape index (κ2) is 4.55. The van der Waals surface area contributed by atoms with E-state index >= 15 is 0 Å². The van der Waals surface area contributed by atoms with Crippen molar-refractivity contribution in [3.63, 3.8) is 0 Å². The number of halogens is 2. The molecule has 1 aromatic rings. The predicted octanol–water partition coefficient (Wildman–Crippen LogP) is 3.28. The molecule has 1 heterocycles. The van der Waals surface area contributed by atoms with Gasteiger partial charge in [0, 0.05) is 22.4 Å². The van der Waals surface area contributed by atoms with Crippen LogP contribution < -0.4 is 0 Å². The predicted molar refractivity (Wildman–Crippen MR) is 66.6 cm³/mol. The maximum atomic E-state index is 13.5. The summed E-state index contributed by atoms with van der Waals surface area (Å²) in [6.45, 7) is 2.08. The molecular formula is C12H14ClFOS. The Hall–Kier alpha value is -0.250. The van der Waals surface area contributed by atoms with Crippen LogP contribution in [-0.2, 0) is 6.42 Å². The summed E-state index contributed by atoms with van der Waals surface area (Å²) in [6.07, 6.45) is 1.06. The maximum Gasteiger partial charge on any atom is 0.126 e. The molecule has 0 aliphatic carbocycles. The van der Waals surface area contributed by atoms with Crippen molar-refractivity contribution in [3.8, 4) is 0 Å². The SMILES string of the molecule is CC1CC(O)(Cc2cc(Cl)ccc2F)CS1. The second-order valence-electron chi connectivity index (χ2n) is 4.46. The minimum absolute atomic E-state index is 0.289. The van der Waals surface area contributed by atoms with Crippen molar-refractivity contribution < 1.29 is 9.50 Å². The molecule has 2 unspecified atom stereocenters. The van der Waals surface area contributed by atoms with Gasteiger partial charge in [-0.15, -0.1) is 0 Å². The van der Waals surface area contributed by atoms with E-state index in [2.05, 4.69) is 6.92 Å². The fourth-order valence-corrected chi connectivity index (χ4v) is 3.54. The summed E-state index contributed by atoms with van der Waals surface area (Å²) < 4.78 is 13.5. The lowest BCUT2D eigenvalue weighted by Gasteiger charge is -2.22. The number of thioether (sulfide) groups is 1. The van der Waals surface area contributed by atoms with Gasteiger partial charge in [-0.1, -0.05) is 18.5 Å². The van der Waals surface area contributed by atoms with E-state index in [1.807, 2.05) is 0 Å². The van der Waals surface area contributed by atoms with Gasteiger partial charge in [0.2, 0.25) is 0 Å². The Balaban J connectivity index is 2.17. The van der Waals surface area contributed by atoms with Gasteiger partial charge in [-0.2, -0.15) is 11.8 Å². The maximum absolute atomic E-state index is 13.5. The Morgan fingerprint density at radius 2 is 2.38 bits per heavy atom. The molecule has 0 saturated carbocycles. The second-order valence-corrected chi connectivity index (χ2v) is 6.33. The third-order valence-electron chi connectivity index (χ3n) is 2.83. The molecule has 16 heavy (non-hydrogen) atoms. The molecule has 1 N–H and O–H groups in total. The van der Waals surface area contributed by atoms with Crippen molar-refractivity contribution in [1.82, 2.24) is 0 Å². The van der Waals surface area contributed by atoms with Crippen molar-refractivity contribution in [3.05, 3.63) is 34.6 Å². The normalized spacial score (nSPS) is 29.6. The number of hydrogen-bond acceptors (Lipinski definition) is 2. The van der Waals surface area contributed by atoms with E-state index in [1.54, 1.807) is 17.8 Å². The topological polar surface area (TPSA) is 20.2 Å². The molecule has 1 fully saturated rings. The van der Waals surface area contributed by atoms with Gasteiger partial charge in [0.1, 0.15) is 5.82 Å². The van der Waals surface area contributed by atoms with Gasteiger partial charge in [-0.25, -0.2) is 4.39 Å². The Kier molecular flexibility index (Phi) is 3.48. The fraction of sp³-hybridized carbons (Fsp3) is 0.500. The van der Waals surface area contributed by atoms with E-state index in [0.29, 0.717) is 34.4 Å². The van der Waals surface area contributed by atoms with Crippen molar-refractivity contribution >= 4 is 23.4 Å². The standard InChI is InChI=1S/C12H14ClFOS/c1-8-5-12(15,7-16-8)6-9-4-10(13)2-3-11(9)14/h2-4,8,15H,5-7H2,1H3. The number of aliphatic hydroxyl groups is 1.